The first-order chi connectivity index (χ1) is 8.65. The van der Waals surface area contributed by atoms with E-state index >= 15 is 0 Å². The molecule has 0 aromatic carbocycles. The number of nitrogens with zero attached hydrogens (tertiary/aromatic N) is 2. The first-order valence-corrected chi connectivity index (χ1v) is 6.02. The number of terminal acetylenes is 1. The fraction of sp³-hybridized carbons (Fsp3) is 0.500. The Kier molecular flexibility index (Phi) is 3.90. The monoisotopic (exact) mass is 267 g/mol. The van der Waals surface area contributed by atoms with Crippen LogP contribution < -0.4 is 10.9 Å². The van der Waals surface area contributed by atoms with Crippen molar-refractivity contribution in [2.45, 2.75) is 31.5 Å². The molecule has 0 atom stereocenters. The molecule has 6 heteroatoms. The van der Waals surface area contributed by atoms with Gasteiger partial charge >= 0.3 is 0 Å². The SMILES string of the molecule is C#CCn1ncc(Cl)c(NC2CC(OC)C2)c1=O. The third-order valence-corrected chi connectivity index (χ3v) is 3.30. The first-order valence-electron chi connectivity index (χ1n) is 5.64. The van der Waals surface area contributed by atoms with Gasteiger partial charge in [0.1, 0.15) is 12.2 Å². The van der Waals surface area contributed by atoms with E-state index in [4.69, 9.17) is 22.8 Å². The highest BCUT2D eigenvalue weighted by Crippen LogP contribution is 2.27. The summed E-state index contributed by atoms with van der Waals surface area (Å²) in [6.45, 7) is 0.135. The van der Waals surface area contributed by atoms with Gasteiger partial charge in [-0.3, -0.25) is 4.79 Å². The standard InChI is InChI=1S/C12H14ClN3O2/c1-3-4-16-12(17)11(10(13)7-14-16)15-8-5-9(6-8)18-2/h1,7-9,15H,4-6H2,2H3. The van der Waals surface area contributed by atoms with Gasteiger partial charge in [-0.2, -0.15) is 5.10 Å². The molecule has 0 saturated heterocycles. The molecule has 1 aromatic rings. The maximum absolute atomic E-state index is 12.0. The summed E-state index contributed by atoms with van der Waals surface area (Å²) in [4.78, 5) is 12.0. The van der Waals surface area contributed by atoms with Gasteiger partial charge < -0.3 is 10.1 Å². The number of hydrogen-bond donors (Lipinski definition) is 1. The number of halogens is 1. The van der Waals surface area contributed by atoms with Crippen LogP contribution in [0.3, 0.4) is 0 Å². The highest BCUT2D eigenvalue weighted by molar-refractivity contribution is 6.33. The molecule has 1 fully saturated rings. The zero-order chi connectivity index (χ0) is 13.1. The molecule has 0 amide bonds. The molecule has 0 unspecified atom stereocenters. The van der Waals surface area contributed by atoms with Crippen molar-refractivity contribution in [3.05, 3.63) is 21.6 Å². The van der Waals surface area contributed by atoms with E-state index in [1.807, 2.05) is 0 Å². The summed E-state index contributed by atoms with van der Waals surface area (Å²) >= 11 is 5.98. The fourth-order valence-corrected chi connectivity index (χ4v) is 2.06. The normalized spacial score (nSPS) is 22.1. The number of hydrogen-bond acceptors (Lipinski definition) is 4. The van der Waals surface area contributed by atoms with E-state index in [2.05, 4.69) is 16.3 Å². The number of ether oxygens (including phenoxy) is 1. The topological polar surface area (TPSA) is 56.1 Å². The van der Waals surface area contributed by atoms with E-state index in [0.29, 0.717) is 10.7 Å². The molecule has 1 N–H and O–H groups in total. The minimum Gasteiger partial charge on any atom is -0.381 e. The summed E-state index contributed by atoms with van der Waals surface area (Å²) in [6.07, 6.45) is 8.59. The Balaban J connectivity index is 2.15. The Morgan fingerprint density at radius 2 is 2.44 bits per heavy atom. The highest BCUT2D eigenvalue weighted by atomic mass is 35.5. The Morgan fingerprint density at radius 3 is 3.06 bits per heavy atom. The van der Waals surface area contributed by atoms with E-state index < -0.39 is 0 Å². The van der Waals surface area contributed by atoms with Crippen molar-refractivity contribution >= 4 is 17.3 Å². The van der Waals surface area contributed by atoms with Crippen LogP contribution in [-0.2, 0) is 11.3 Å². The third-order valence-electron chi connectivity index (χ3n) is 3.02. The smallest absolute Gasteiger partial charge is 0.292 e. The van der Waals surface area contributed by atoms with Crippen LogP contribution >= 0.6 is 11.6 Å². The Morgan fingerprint density at radius 1 is 1.72 bits per heavy atom. The van der Waals surface area contributed by atoms with Gasteiger partial charge in [0.05, 0.1) is 17.3 Å². The molecule has 0 bridgehead atoms. The Hall–Kier alpha value is -1.51. The second-order valence-corrected chi connectivity index (χ2v) is 4.61. The lowest BCUT2D eigenvalue weighted by atomic mass is 9.89. The highest BCUT2D eigenvalue weighted by Gasteiger charge is 2.30. The molecular formula is C12H14ClN3O2. The molecule has 0 aliphatic heterocycles. The minimum atomic E-state index is -0.290. The second kappa shape index (κ2) is 5.42. The van der Waals surface area contributed by atoms with Crippen molar-refractivity contribution in [2.75, 3.05) is 12.4 Å². The van der Waals surface area contributed by atoms with E-state index in [9.17, 15) is 4.79 Å². The van der Waals surface area contributed by atoms with Crippen LogP contribution in [-0.4, -0.2) is 29.0 Å². The molecule has 5 nitrogen and oxygen atoms in total. The number of aromatic nitrogens is 2. The average Bonchev–Trinajstić information content (AvgIpc) is 2.30. The molecule has 96 valence electrons. The van der Waals surface area contributed by atoms with Gasteiger partial charge in [-0.25, -0.2) is 4.68 Å². The van der Waals surface area contributed by atoms with Gasteiger partial charge in [-0.05, 0) is 12.8 Å². The molecule has 18 heavy (non-hydrogen) atoms. The lowest BCUT2D eigenvalue weighted by Crippen LogP contribution is -2.42. The molecule has 1 saturated carbocycles. The molecule has 1 aliphatic rings. The van der Waals surface area contributed by atoms with Crippen LogP contribution in [0.2, 0.25) is 5.02 Å². The molecule has 0 radical (unpaired) electrons. The second-order valence-electron chi connectivity index (χ2n) is 4.20. The zero-order valence-corrected chi connectivity index (χ0v) is 10.8. The minimum absolute atomic E-state index is 0.135. The number of rotatable bonds is 4. The van der Waals surface area contributed by atoms with Gasteiger partial charge in [0.25, 0.3) is 5.56 Å². The van der Waals surface area contributed by atoms with Crippen LogP contribution in [0.1, 0.15) is 12.8 Å². The van der Waals surface area contributed by atoms with Crippen molar-refractivity contribution in [1.29, 1.82) is 0 Å². The predicted molar refractivity (Wildman–Crippen MR) is 69.8 cm³/mol. The fourth-order valence-electron chi connectivity index (χ4n) is 1.88. The maximum atomic E-state index is 12.0. The van der Waals surface area contributed by atoms with Crippen LogP contribution in [0, 0.1) is 12.3 Å². The van der Waals surface area contributed by atoms with Crippen LogP contribution in [0.5, 0.6) is 0 Å². The van der Waals surface area contributed by atoms with Crippen molar-refractivity contribution in [2.24, 2.45) is 0 Å². The summed E-state index contributed by atoms with van der Waals surface area (Å²) in [5, 5.41) is 7.31. The van der Waals surface area contributed by atoms with E-state index in [0.717, 1.165) is 12.8 Å². The van der Waals surface area contributed by atoms with Gasteiger partial charge in [0.15, 0.2) is 0 Å². The predicted octanol–water partition coefficient (Wildman–Crippen LogP) is 1.12. The summed E-state index contributed by atoms with van der Waals surface area (Å²) in [5.41, 5.74) is 0.0720. The molecule has 1 aliphatic carbocycles. The quantitative estimate of drug-likeness (QED) is 0.831. The van der Waals surface area contributed by atoms with Gasteiger partial charge in [-0.15, -0.1) is 6.42 Å². The van der Waals surface area contributed by atoms with Gasteiger partial charge in [-0.1, -0.05) is 17.5 Å². The van der Waals surface area contributed by atoms with Gasteiger partial charge in [0.2, 0.25) is 0 Å². The van der Waals surface area contributed by atoms with E-state index in [-0.39, 0.29) is 24.2 Å². The Labute approximate surface area is 110 Å². The third kappa shape index (κ3) is 2.50. The van der Waals surface area contributed by atoms with Crippen molar-refractivity contribution in [1.82, 2.24) is 9.78 Å². The lowest BCUT2D eigenvalue weighted by molar-refractivity contribution is 0.0328. The molecular weight excluding hydrogens is 254 g/mol. The summed E-state index contributed by atoms with van der Waals surface area (Å²) in [7, 11) is 1.68. The van der Waals surface area contributed by atoms with Crippen molar-refractivity contribution < 1.29 is 4.74 Å². The van der Waals surface area contributed by atoms with Crippen LogP contribution in [0.15, 0.2) is 11.0 Å². The molecule has 1 heterocycles. The van der Waals surface area contributed by atoms with Crippen molar-refractivity contribution in [3.8, 4) is 12.3 Å². The van der Waals surface area contributed by atoms with Crippen LogP contribution in [0.25, 0.3) is 0 Å². The van der Waals surface area contributed by atoms with Gasteiger partial charge in [0, 0.05) is 13.2 Å². The number of anilines is 1. The maximum Gasteiger partial charge on any atom is 0.292 e. The van der Waals surface area contributed by atoms with E-state index in [1.54, 1.807) is 7.11 Å². The zero-order valence-electron chi connectivity index (χ0n) is 10.0. The molecule has 0 spiro atoms. The Bertz CT molecular complexity index is 529. The average molecular weight is 268 g/mol. The number of methoxy groups -OCH3 is 1. The summed E-state index contributed by atoms with van der Waals surface area (Å²) < 4.78 is 6.39. The molecule has 1 aromatic heterocycles. The van der Waals surface area contributed by atoms with Crippen LogP contribution in [0.4, 0.5) is 5.69 Å². The summed E-state index contributed by atoms with van der Waals surface area (Å²) in [5.74, 6) is 2.38. The van der Waals surface area contributed by atoms with E-state index in [1.165, 1.54) is 10.9 Å². The molecule has 2 rings (SSSR count). The first kappa shape index (κ1) is 12.9. The number of nitrogens with one attached hydrogen (secondary N) is 1. The lowest BCUT2D eigenvalue weighted by Gasteiger charge is -2.35. The summed E-state index contributed by atoms with van der Waals surface area (Å²) in [6, 6.07) is 0.210. The largest absolute Gasteiger partial charge is 0.381 e. The van der Waals surface area contributed by atoms with Crippen molar-refractivity contribution in [3.63, 3.8) is 0 Å².